The highest BCUT2D eigenvalue weighted by Gasteiger charge is 2.10. The average molecular weight is 326 g/mol. The van der Waals surface area contributed by atoms with Gasteiger partial charge in [-0.3, -0.25) is 0 Å². The van der Waals surface area contributed by atoms with Crippen LogP contribution in [0.3, 0.4) is 0 Å². The van der Waals surface area contributed by atoms with Crippen molar-refractivity contribution in [3.05, 3.63) is 120 Å². The Labute approximate surface area is 152 Å². The Morgan fingerprint density at radius 1 is 0.680 bits per heavy atom. The van der Waals surface area contributed by atoms with E-state index in [9.17, 15) is 0 Å². The standard InChI is InChI=1S/C22H20.C3H6/c1-17-13-15-19(16-14-17)18(2)22(20-9-5-3-6-10-20)21-11-7-4-8-12-21;1-3-2/h3-16H,1-2H3;3H,1H2,2H3. The summed E-state index contributed by atoms with van der Waals surface area (Å²) in [6.45, 7) is 9.58. The third kappa shape index (κ3) is 5.06. The van der Waals surface area contributed by atoms with E-state index in [1.807, 2.05) is 6.92 Å². The van der Waals surface area contributed by atoms with Gasteiger partial charge >= 0.3 is 0 Å². The first-order chi connectivity index (χ1) is 12.2. The zero-order valence-electron chi connectivity index (χ0n) is 15.4. The van der Waals surface area contributed by atoms with Gasteiger partial charge < -0.3 is 0 Å². The molecule has 0 unspecified atom stereocenters. The van der Waals surface area contributed by atoms with Crippen molar-refractivity contribution < 1.29 is 0 Å². The molecular weight excluding hydrogens is 300 g/mol. The molecule has 3 aromatic rings. The lowest BCUT2D eigenvalue weighted by molar-refractivity contribution is 1.44. The Bertz CT molecular complexity index is 765. The largest absolute Gasteiger partial charge is 0.103 e. The number of allylic oxidation sites excluding steroid dienone is 2. The van der Waals surface area contributed by atoms with Gasteiger partial charge in [-0.1, -0.05) is 96.6 Å². The first-order valence-corrected chi connectivity index (χ1v) is 8.63. The summed E-state index contributed by atoms with van der Waals surface area (Å²) in [5.74, 6) is 0. The monoisotopic (exact) mass is 326 g/mol. The normalized spacial score (nSPS) is 9.56. The summed E-state index contributed by atoms with van der Waals surface area (Å²) >= 11 is 0. The van der Waals surface area contributed by atoms with Crippen LogP contribution in [-0.4, -0.2) is 0 Å². The first kappa shape index (κ1) is 18.5. The van der Waals surface area contributed by atoms with E-state index >= 15 is 0 Å². The fourth-order valence-electron chi connectivity index (χ4n) is 2.76. The zero-order valence-corrected chi connectivity index (χ0v) is 15.4. The Morgan fingerprint density at radius 3 is 1.48 bits per heavy atom. The van der Waals surface area contributed by atoms with Crippen LogP contribution in [0.2, 0.25) is 0 Å². The van der Waals surface area contributed by atoms with Gasteiger partial charge in [-0.15, -0.1) is 6.58 Å². The Hall–Kier alpha value is -2.86. The quantitative estimate of drug-likeness (QED) is 0.353. The first-order valence-electron chi connectivity index (χ1n) is 8.63. The number of hydrogen-bond acceptors (Lipinski definition) is 0. The van der Waals surface area contributed by atoms with Gasteiger partial charge in [0.1, 0.15) is 0 Å². The SMILES string of the molecule is C=CC.CC(=C(c1ccccc1)c1ccccc1)c1ccc(C)cc1. The van der Waals surface area contributed by atoms with Gasteiger partial charge in [-0.25, -0.2) is 0 Å². The molecule has 0 aromatic heterocycles. The van der Waals surface area contributed by atoms with Gasteiger partial charge in [0.05, 0.1) is 0 Å². The van der Waals surface area contributed by atoms with Crippen molar-refractivity contribution in [2.45, 2.75) is 20.8 Å². The van der Waals surface area contributed by atoms with Crippen LogP contribution < -0.4 is 0 Å². The third-order valence-electron chi connectivity index (χ3n) is 3.98. The maximum absolute atomic E-state index is 3.36. The number of benzene rings is 3. The summed E-state index contributed by atoms with van der Waals surface area (Å²) in [7, 11) is 0. The average Bonchev–Trinajstić information content (AvgIpc) is 2.65. The number of aryl methyl sites for hydroxylation is 1. The lowest BCUT2D eigenvalue weighted by Gasteiger charge is -2.14. The van der Waals surface area contributed by atoms with Gasteiger partial charge in [0.15, 0.2) is 0 Å². The van der Waals surface area contributed by atoms with E-state index in [0.29, 0.717) is 0 Å². The van der Waals surface area contributed by atoms with E-state index in [2.05, 4.69) is 105 Å². The highest BCUT2D eigenvalue weighted by molar-refractivity contribution is 5.97. The molecule has 0 nitrogen and oxygen atoms in total. The minimum Gasteiger partial charge on any atom is -0.103 e. The molecule has 0 bridgehead atoms. The summed E-state index contributed by atoms with van der Waals surface area (Å²) in [5.41, 5.74) is 7.67. The molecule has 0 amide bonds. The van der Waals surface area contributed by atoms with E-state index in [4.69, 9.17) is 0 Å². The molecule has 0 heteroatoms. The van der Waals surface area contributed by atoms with Crippen LogP contribution in [-0.2, 0) is 0 Å². The highest BCUT2D eigenvalue weighted by atomic mass is 14.1. The molecular formula is C25H26. The Kier molecular flexibility index (Phi) is 6.98. The molecule has 0 heterocycles. The maximum Gasteiger partial charge on any atom is -0.00762 e. The van der Waals surface area contributed by atoms with Crippen LogP contribution in [0.25, 0.3) is 11.1 Å². The van der Waals surface area contributed by atoms with Crippen LogP contribution in [0.1, 0.15) is 36.1 Å². The summed E-state index contributed by atoms with van der Waals surface area (Å²) in [5, 5.41) is 0. The second kappa shape index (κ2) is 9.44. The topological polar surface area (TPSA) is 0 Å². The molecule has 0 spiro atoms. The van der Waals surface area contributed by atoms with E-state index in [1.165, 1.54) is 33.4 Å². The van der Waals surface area contributed by atoms with E-state index < -0.39 is 0 Å². The molecule has 0 saturated heterocycles. The van der Waals surface area contributed by atoms with Crippen molar-refractivity contribution in [2.75, 3.05) is 0 Å². The van der Waals surface area contributed by atoms with Crippen molar-refractivity contribution in [2.24, 2.45) is 0 Å². The Morgan fingerprint density at radius 2 is 1.08 bits per heavy atom. The molecule has 0 atom stereocenters. The van der Waals surface area contributed by atoms with E-state index in [-0.39, 0.29) is 0 Å². The van der Waals surface area contributed by atoms with Gasteiger partial charge in [0, 0.05) is 0 Å². The van der Waals surface area contributed by atoms with E-state index in [0.717, 1.165) is 0 Å². The fourth-order valence-corrected chi connectivity index (χ4v) is 2.76. The van der Waals surface area contributed by atoms with Crippen molar-refractivity contribution in [3.63, 3.8) is 0 Å². The number of rotatable bonds is 3. The summed E-state index contributed by atoms with van der Waals surface area (Å²) in [6, 6.07) is 30.0. The van der Waals surface area contributed by atoms with Gasteiger partial charge in [0.2, 0.25) is 0 Å². The smallest absolute Gasteiger partial charge is 0.00762 e. The summed E-state index contributed by atoms with van der Waals surface area (Å²) < 4.78 is 0. The van der Waals surface area contributed by atoms with Crippen molar-refractivity contribution in [1.82, 2.24) is 0 Å². The molecule has 0 aliphatic rings. The zero-order chi connectivity index (χ0) is 18.1. The second-order valence-corrected chi connectivity index (χ2v) is 6.01. The Balaban J connectivity index is 0.000000701. The molecule has 0 saturated carbocycles. The molecule has 3 rings (SSSR count). The van der Waals surface area contributed by atoms with Gasteiger partial charge in [0.25, 0.3) is 0 Å². The minimum atomic E-state index is 1.26. The van der Waals surface area contributed by atoms with E-state index in [1.54, 1.807) is 6.08 Å². The predicted octanol–water partition coefficient (Wildman–Crippen LogP) is 7.17. The van der Waals surface area contributed by atoms with Crippen molar-refractivity contribution in [3.8, 4) is 0 Å². The lowest BCUT2D eigenvalue weighted by atomic mass is 9.90. The third-order valence-corrected chi connectivity index (χ3v) is 3.98. The van der Waals surface area contributed by atoms with Crippen molar-refractivity contribution >= 4 is 11.1 Å². The second-order valence-electron chi connectivity index (χ2n) is 6.01. The molecule has 0 fully saturated rings. The molecule has 25 heavy (non-hydrogen) atoms. The summed E-state index contributed by atoms with van der Waals surface area (Å²) in [4.78, 5) is 0. The van der Waals surface area contributed by atoms with Crippen LogP contribution in [0.15, 0.2) is 97.6 Å². The predicted molar refractivity (Wildman–Crippen MR) is 112 cm³/mol. The number of hydrogen-bond donors (Lipinski definition) is 0. The molecule has 0 aliphatic carbocycles. The molecule has 3 aromatic carbocycles. The molecule has 126 valence electrons. The minimum absolute atomic E-state index is 1.26. The summed E-state index contributed by atoms with van der Waals surface area (Å²) in [6.07, 6.45) is 1.75. The van der Waals surface area contributed by atoms with Crippen LogP contribution >= 0.6 is 0 Å². The fraction of sp³-hybridized carbons (Fsp3) is 0.120. The van der Waals surface area contributed by atoms with Gasteiger partial charge in [-0.2, -0.15) is 0 Å². The maximum atomic E-state index is 3.36. The van der Waals surface area contributed by atoms with Gasteiger partial charge in [-0.05, 0) is 48.6 Å². The van der Waals surface area contributed by atoms with Crippen LogP contribution in [0.4, 0.5) is 0 Å². The van der Waals surface area contributed by atoms with Crippen LogP contribution in [0, 0.1) is 6.92 Å². The lowest BCUT2D eigenvalue weighted by Crippen LogP contribution is -1.92. The highest BCUT2D eigenvalue weighted by Crippen LogP contribution is 2.31. The van der Waals surface area contributed by atoms with Crippen molar-refractivity contribution in [1.29, 1.82) is 0 Å². The molecule has 0 N–H and O–H groups in total. The molecule has 0 aliphatic heterocycles. The van der Waals surface area contributed by atoms with Crippen LogP contribution in [0.5, 0.6) is 0 Å². The molecule has 0 radical (unpaired) electrons.